The molecule has 1 fully saturated rings. The zero-order valence-corrected chi connectivity index (χ0v) is 20.3. The van der Waals surface area contributed by atoms with Crippen LogP contribution in [0.1, 0.15) is 38.2 Å². The summed E-state index contributed by atoms with van der Waals surface area (Å²) >= 11 is 0. The molecule has 9 nitrogen and oxygen atoms in total. The summed E-state index contributed by atoms with van der Waals surface area (Å²) in [5, 5.41) is 12.2. The van der Waals surface area contributed by atoms with Crippen molar-refractivity contribution in [1.82, 2.24) is 10.3 Å². The van der Waals surface area contributed by atoms with E-state index >= 15 is 0 Å². The van der Waals surface area contributed by atoms with E-state index in [-0.39, 0.29) is 12.5 Å². The number of anilines is 1. The van der Waals surface area contributed by atoms with Crippen LogP contribution in [0.2, 0.25) is 0 Å². The number of rotatable bonds is 12. The van der Waals surface area contributed by atoms with Gasteiger partial charge in [0.1, 0.15) is 11.3 Å². The molecule has 0 bridgehead atoms. The van der Waals surface area contributed by atoms with Gasteiger partial charge in [0, 0.05) is 25.1 Å². The van der Waals surface area contributed by atoms with Crippen LogP contribution >= 0.6 is 0 Å². The molecular weight excluding hydrogens is 450 g/mol. The molecule has 2 heterocycles. The summed E-state index contributed by atoms with van der Waals surface area (Å²) < 4.78 is 23.1. The highest BCUT2D eigenvalue weighted by atomic mass is 16.5. The summed E-state index contributed by atoms with van der Waals surface area (Å²) in [5.74, 6) is 1.25. The fourth-order valence-electron chi connectivity index (χ4n) is 4.28. The topological polar surface area (TPSA) is 106 Å². The van der Waals surface area contributed by atoms with E-state index < -0.39 is 5.97 Å². The van der Waals surface area contributed by atoms with Crippen LogP contribution in [0.3, 0.4) is 0 Å². The number of piperidine rings is 1. The molecule has 9 heteroatoms. The minimum Gasteiger partial charge on any atom is -0.493 e. The number of nitrogens with one attached hydrogen (secondary N) is 1. The van der Waals surface area contributed by atoms with E-state index in [2.05, 4.69) is 10.2 Å². The molecule has 0 amide bonds. The summed E-state index contributed by atoms with van der Waals surface area (Å²) in [6.07, 6.45) is 2.51. The highest BCUT2D eigenvalue weighted by Crippen LogP contribution is 2.32. The maximum Gasteiger partial charge on any atom is 0.303 e. The lowest BCUT2D eigenvalue weighted by molar-refractivity contribution is -0.137. The number of aliphatic carboxylic acids is 1. The molecule has 2 aromatic carbocycles. The van der Waals surface area contributed by atoms with Crippen molar-refractivity contribution in [1.29, 1.82) is 0 Å². The maximum atomic E-state index is 10.7. The van der Waals surface area contributed by atoms with Gasteiger partial charge in [0.15, 0.2) is 17.1 Å². The largest absolute Gasteiger partial charge is 0.493 e. The Balaban J connectivity index is 1.57. The second-order valence-corrected chi connectivity index (χ2v) is 8.50. The molecule has 35 heavy (non-hydrogen) atoms. The third-order valence-corrected chi connectivity index (χ3v) is 6.03. The van der Waals surface area contributed by atoms with Crippen LogP contribution in [0.15, 0.2) is 40.8 Å². The molecule has 1 saturated heterocycles. The number of methoxy groups -OCH3 is 1. The van der Waals surface area contributed by atoms with Crippen LogP contribution in [0.5, 0.6) is 17.2 Å². The monoisotopic (exact) mass is 483 g/mol. The maximum absolute atomic E-state index is 10.7. The Kier molecular flexibility index (Phi) is 8.31. The van der Waals surface area contributed by atoms with Gasteiger partial charge in [-0.1, -0.05) is 6.07 Å². The van der Waals surface area contributed by atoms with Gasteiger partial charge in [0.05, 0.1) is 20.3 Å². The van der Waals surface area contributed by atoms with Crippen molar-refractivity contribution < 1.29 is 28.5 Å². The Morgan fingerprint density at radius 1 is 1.17 bits per heavy atom. The normalized spacial score (nSPS) is 14.1. The van der Waals surface area contributed by atoms with Crippen LogP contribution in [-0.2, 0) is 11.3 Å². The average molecular weight is 484 g/mol. The SMILES string of the molecule is CCOc1cc(CN(c2nc3cc(OCCCC(=O)O)ccc3o2)C2CCNCC2)ccc1OC. The number of benzene rings is 2. The molecule has 0 saturated carbocycles. The van der Waals surface area contributed by atoms with Gasteiger partial charge >= 0.3 is 5.97 Å². The molecule has 1 aliphatic heterocycles. The van der Waals surface area contributed by atoms with Crippen molar-refractivity contribution >= 4 is 23.1 Å². The fraction of sp³-hybridized carbons (Fsp3) is 0.462. The summed E-state index contributed by atoms with van der Waals surface area (Å²) in [6.45, 7) is 5.37. The number of carboxylic acid groups (broad SMARTS) is 1. The number of ether oxygens (including phenoxy) is 3. The number of nitrogens with zero attached hydrogens (tertiary/aromatic N) is 2. The highest BCUT2D eigenvalue weighted by molar-refractivity contribution is 5.76. The molecule has 0 radical (unpaired) electrons. The predicted octanol–water partition coefficient (Wildman–Crippen LogP) is 4.24. The zero-order chi connectivity index (χ0) is 24.6. The number of hydrogen-bond acceptors (Lipinski definition) is 8. The number of carboxylic acids is 1. The number of hydrogen-bond donors (Lipinski definition) is 2. The second kappa shape index (κ2) is 11.8. The molecule has 2 N–H and O–H groups in total. The van der Waals surface area contributed by atoms with Crippen molar-refractivity contribution in [2.75, 3.05) is 38.3 Å². The average Bonchev–Trinajstić information content (AvgIpc) is 3.29. The molecule has 0 aliphatic carbocycles. The third-order valence-electron chi connectivity index (χ3n) is 6.03. The number of oxazole rings is 1. The zero-order valence-electron chi connectivity index (χ0n) is 20.3. The molecule has 0 atom stereocenters. The van der Waals surface area contributed by atoms with Crippen LogP contribution in [-0.4, -0.2) is 55.5 Å². The van der Waals surface area contributed by atoms with Gasteiger partial charge in [-0.05, 0) is 69.1 Å². The standard InChI is InChI=1S/C26H33N3O6/c1-3-33-24-15-18(6-8-23(24)32-2)17-29(19-10-12-27-13-11-19)26-28-21-16-20(7-9-22(21)35-26)34-14-4-5-25(30)31/h6-9,15-16,19,27H,3-5,10-14,17H2,1-2H3,(H,30,31). The van der Waals surface area contributed by atoms with Crippen LogP contribution in [0, 0.1) is 0 Å². The molecule has 0 unspecified atom stereocenters. The number of fused-ring (bicyclic) bond motifs is 1. The molecular formula is C26H33N3O6. The van der Waals surface area contributed by atoms with Gasteiger partial charge in [-0.25, -0.2) is 0 Å². The van der Waals surface area contributed by atoms with E-state index in [1.165, 1.54) is 0 Å². The summed E-state index contributed by atoms with van der Waals surface area (Å²) in [4.78, 5) is 17.7. The first kappa shape index (κ1) is 24.7. The van der Waals surface area contributed by atoms with E-state index in [4.69, 9.17) is 28.7 Å². The first-order valence-corrected chi connectivity index (χ1v) is 12.1. The van der Waals surface area contributed by atoms with Gasteiger partial charge in [-0.15, -0.1) is 0 Å². The second-order valence-electron chi connectivity index (χ2n) is 8.50. The van der Waals surface area contributed by atoms with Gasteiger partial charge in [-0.2, -0.15) is 4.98 Å². The van der Waals surface area contributed by atoms with E-state index in [1.807, 2.05) is 43.3 Å². The number of aromatic nitrogens is 1. The van der Waals surface area contributed by atoms with Crippen LogP contribution in [0.4, 0.5) is 6.01 Å². The van der Waals surface area contributed by atoms with Crippen LogP contribution in [0.25, 0.3) is 11.1 Å². The van der Waals surface area contributed by atoms with E-state index in [9.17, 15) is 4.79 Å². The minimum absolute atomic E-state index is 0.0813. The van der Waals surface area contributed by atoms with E-state index in [0.717, 1.165) is 37.2 Å². The third kappa shape index (κ3) is 6.36. The first-order chi connectivity index (χ1) is 17.1. The van der Waals surface area contributed by atoms with Crippen molar-refractivity contribution in [2.45, 2.75) is 45.2 Å². The summed E-state index contributed by atoms with van der Waals surface area (Å²) in [7, 11) is 1.64. The lowest BCUT2D eigenvalue weighted by Gasteiger charge is -2.33. The highest BCUT2D eigenvalue weighted by Gasteiger charge is 2.26. The molecule has 1 aromatic heterocycles. The predicted molar refractivity (Wildman–Crippen MR) is 133 cm³/mol. The molecule has 4 rings (SSSR count). The quantitative estimate of drug-likeness (QED) is 0.366. The first-order valence-electron chi connectivity index (χ1n) is 12.1. The van der Waals surface area contributed by atoms with Crippen molar-refractivity contribution in [3.8, 4) is 17.2 Å². The van der Waals surface area contributed by atoms with Crippen molar-refractivity contribution in [2.24, 2.45) is 0 Å². The molecule has 188 valence electrons. The molecule has 1 aliphatic rings. The lowest BCUT2D eigenvalue weighted by atomic mass is 10.0. The summed E-state index contributed by atoms with van der Waals surface area (Å²) in [6, 6.07) is 12.4. The van der Waals surface area contributed by atoms with Gasteiger partial charge in [-0.3, -0.25) is 4.79 Å². The minimum atomic E-state index is -0.826. The van der Waals surface area contributed by atoms with E-state index in [0.29, 0.717) is 54.8 Å². The number of carbonyl (C=O) groups is 1. The van der Waals surface area contributed by atoms with Crippen LogP contribution < -0.4 is 24.4 Å². The van der Waals surface area contributed by atoms with E-state index in [1.54, 1.807) is 7.11 Å². The Morgan fingerprint density at radius 2 is 2.00 bits per heavy atom. The fourth-order valence-corrected chi connectivity index (χ4v) is 4.28. The Morgan fingerprint density at radius 3 is 2.74 bits per heavy atom. The Labute approximate surface area is 205 Å². The van der Waals surface area contributed by atoms with Crippen molar-refractivity contribution in [3.63, 3.8) is 0 Å². The smallest absolute Gasteiger partial charge is 0.303 e. The molecule has 0 spiro atoms. The van der Waals surface area contributed by atoms with Crippen molar-refractivity contribution in [3.05, 3.63) is 42.0 Å². The molecule has 3 aromatic rings. The van der Waals surface area contributed by atoms with Gasteiger partial charge in [0.25, 0.3) is 6.01 Å². The Hall–Kier alpha value is -3.46. The van der Waals surface area contributed by atoms with Gasteiger partial charge in [0.2, 0.25) is 0 Å². The Bertz CT molecular complexity index is 1130. The summed E-state index contributed by atoms with van der Waals surface area (Å²) in [5.41, 5.74) is 2.47. The van der Waals surface area contributed by atoms with Gasteiger partial charge < -0.3 is 34.0 Å². The lowest BCUT2D eigenvalue weighted by Crippen LogP contribution is -2.43.